The largest absolute Gasteiger partial charge is 0.494 e. The average molecular weight is 408 g/mol. The lowest BCUT2D eigenvalue weighted by molar-refractivity contribution is 0.0949. The van der Waals surface area contributed by atoms with Gasteiger partial charge in [-0.3, -0.25) is 4.79 Å². The fourth-order valence-corrected chi connectivity index (χ4v) is 3.28. The summed E-state index contributed by atoms with van der Waals surface area (Å²) in [6.07, 6.45) is 0.982. The summed E-state index contributed by atoms with van der Waals surface area (Å²) in [5.74, 6) is 0.747. The number of hydrogen-bond acceptors (Lipinski definition) is 3. The molecule has 6 heteroatoms. The number of ether oxygens (including phenoxy) is 2. The minimum absolute atomic E-state index is 0.137. The van der Waals surface area contributed by atoms with Crippen LogP contribution in [0.15, 0.2) is 34.8 Å². The summed E-state index contributed by atoms with van der Waals surface area (Å²) in [6, 6.07) is 7.90. The van der Waals surface area contributed by atoms with E-state index in [9.17, 15) is 9.18 Å². The van der Waals surface area contributed by atoms with Gasteiger partial charge in [0.25, 0.3) is 5.91 Å². The summed E-state index contributed by atoms with van der Waals surface area (Å²) in [6.45, 7) is 4.73. The van der Waals surface area contributed by atoms with Gasteiger partial charge in [-0.2, -0.15) is 0 Å². The highest BCUT2D eigenvalue weighted by molar-refractivity contribution is 9.10. The van der Waals surface area contributed by atoms with E-state index < -0.39 is 5.82 Å². The number of benzene rings is 2. The molecule has 132 valence electrons. The van der Waals surface area contributed by atoms with Crippen LogP contribution in [0.1, 0.15) is 35.3 Å². The van der Waals surface area contributed by atoms with Gasteiger partial charge in [-0.1, -0.05) is 0 Å². The highest BCUT2D eigenvalue weighted by Gasteiger charge is 2.22. The molecule has 0 aliphatic carbocycles. The monoisotopic (exact) mass is 407 g/mol. The average Bonchev–Trinajstić information content (AvgIpc) is 2.93. The molecule has 1 aliphatic rings. The number of fused-ring (bicyclic) bond motifs is 1. The number of carbonyl (C=O) groups excluding carboxylic acids is 1. The molecular weight excluding hydrogens is 389 g/mol. The summed E-state index contributed by atoms with van der Waals surface area (Å²) in [5, 5.41) is 2.81. The molecule has 0 spiro atoms. The van der Waals surface area contributed by atoms with Gasteiger partial charge in [-0.15, -0.1) is 0 Å². The molecule has 2 aromatic carbocycles. The Morgan fingerprint density at radius 3 is 2.96 bits per heavy atom. The van der Waals surface area contributed by atoms with Gasteiger partial charge in [-0.25, -0.2) is 4.39 Å². The van der Waals surface area contributed by atoms with E-state index in [2.05, 4.69) is 21.2 Å². The number of hydrogen-bond donors (Lipinski definition) is 1. The van der Waals surface area contributed by atoms with Crippen molar-refractivity contribution in [3.8, 4) is 11.5 Å². The minimum Gasteiger partial charge on any atom is -0.494 e. The molecule has 0 radical (unpaired) electrons. The van der Waals surface area contributed by atoms with E-state index in [0.29, 0.717) is 11.1 Å². The molecule has 0 saturated heterocycles. The van der Waals surface area contributed by atoms with Gasteiger partial charge in [0.1, 0.15) is 23.4 Å². The molecule has 0 fully saturated rings. The molecule has 4 nitrogen and oxygen atoms in total. The normalized spacial score (nSPS) is 15.4. The summed E-state index contributed by atoms with van der Waals surface area (Å²) in [5.41, 5.74) is 2.19. The van der Waals surface area contributed by atoms with Gasteiger partial charge in [0.2, 0.25) is 0 Å². The van der Waals surface area contributed by atoms with Gasteiger partial charge in [0.15, 0.2) is 0 Å². The first-order chi connectivity index (χ1) is 12.0. The van der Waals surface area contributed by atoms with Crippen molar-refractivity contribution in [3.05, 3.63) is 57.3 Å². The van der Waals surface area contributed by atoms with Crippen molar-refractivity contribution in [1.82, 2.24) is 5.32 Å². The third-order valence-corrected chi connectivity index (χ3v) is 4.68. The molecule has 0 unspecified atom stereocenters. The summed E-state index contributed by atoms with van der Waals surface area (Å²) in [7, 11) is 0. The highest BCUT2D eigenvalue weighted by atomic mass is 79.9. The van der Waals surface area contributed by atoms with Crippen molar-refractivity contribution < 1.29 is 18.7 Å². The summed E-state index contributed by atoms with van der Waals surface area (Å²) in [4.78, 5) is 12.4. The van der Waals surface area contributed by atoms with Crippen LogP contribution >= 0.6 is 15.9 Å². The molecule has 1 aliphatic heterocycles. The molecular formula is C19H19BrFNO3. The molecule has 1 atom stereocenters. The SMILES string of the molecule is CCOc1cc2c(cc1CNC(=O)c1cc(F)ccc1Br)O[C@H](C)C2. The van der Waals surface area contributed by atoms with Gasteiger partial charge in [0, 0.05) is 28.6 Å². The fourth-order valence-electron chi connectivity index (χ4n) is 2.85. The summed E-state index contributed by atoms with van der Waals surface area (Å²) >= 11 is 3.27. The predicted molar refractivity (Wildman–Crippen MR) is 96.7 cm³/mol. The Labute approximate surface area is 154 Å². The van der Waals surface area contributed by atoms with Gasteiger partial charge < -0.3 is 14.8 Å². The first-order valence-electron chi connectivity index (χ1n) is 8.16. The van der Waals surface area contributed by atoms with E-state index in [1.165, 1.54) is 18.2 Å². The molecule has 1 N–H and O–H groups in total. The maximum Gasteiger partial charge on any atom is 0.252 e. The number of rotatable bonds is 5. The molecule has 2 aromatic rings. The maximum absolute atomic E-state index is 13.4. The van der Waals surface area contributed by atoms with Crippen molar-refractivity contribution >= 4 is 21.8 Å². The summed E-state index contributed by atoms with van der Waals surface area (Å²) < 4.78 is 25.4. The standard InChI is InChI=1S/C19H19BrFNO3/c1-3-24-17-7-12-6-11(2)25-18(12)8-13(17)10-22-19(23)15-9-14(21)4-5-16(15)20/h4-5,7-9,11H,3,6,10H2,1-2H3,(H,22,23)/t11-/m1/s1. The zero-order valence-corrected chi connectivity index (χ0v) is 15.7. The molecule has 1 heterocycles. The Morgan fingerprint density at radius 1 is 1.40 bits per heavy atom. The third kappa shape index (κ3) is 3.95. The molecule has 1 amide bonds. The van der Waals surface area contributed by atoms with Gasteiger partial charge >= 0.3 is 0 Å². The first-order valence-corrected chi connectivity index (χ1v) is 8.95. The number of halogens is 2. The second-order valence-corrected chi connectivity index (χ2v) is 6.79. The van der Waals surface area contributed by atoms with Crippen molar-refractivity contribution in [2.75, 3.05) is 6.61 Å². The second-order valence-electron chi connectivity index (χ2n) is 5.94. The minimum atomic E-state index is -0.455. The Hall–Kier alpha value is -2.08. The lowest BCUT2D eigenvalue weighted by Crippen LogP contribution is -2.23. The topological polar surface area (TPSA) is 47.6 Å². The Morgan fingerprint density at radius 2 is 2.20 bits per heavy atom. The van der Waals surface area contributed by atoms with Crippen LogP contribution < -0.4 is 14.8 Å². The Kier molecular flexibility index (Phi) is 5.27. The Balaban J connectivity index is 1.79. The van der Waals surface area contributed by atoms with Crippen LogP contribution in [0.5, 0.6) is 11.5 Å². The number of carbonyl (C=O) groups is 1. The molecule has 3 rings (SSSR count). The number of amides is 1. The molecule has 0 bridgehead atoms. The van der Waals surface area contributed by atoms with Gasteiger partial charge in [0.05, 0.1) is 12.2 Å². The lowest BCUT2D eigenvalue weighted by Gasteiger charge is -2.14. The Bertz CT molecular complexity index is 809. The van der Waals surface area contributed by atoms with Crippen molar-refractivity contribution in [2.24, 2.45) is 0 Å². The van der Waals surface area contributed by atoms with E-state index >= 15 is 0 Å². The second kappa shape index (κ2) is 7.44. The smallest absolute Gasteiger partial charge is 0.252 e. The van der Waals surface area contributed by atoms with Crippen molar-refractivity contribution in [1.29, 1.82) is 0 Å². The van der Waals surface area contributed by atoms with Gasteiger partial charge in [-0.05, 0) is 60.1 Å². The van der Waals surface area contributed by atoms with Crippen LogP contribution in [0.4, 0.5) is 4.39 Å². The van der Waals surface area contributed by atoms with E-state index in [-0.39, 0.29) is 24.1 Å². The van der Waals surface area contributed by atoms with E-state index in [1.807, 2.05) is 26.0 Å². The quantitative estimate of drug-likeness (QED) is 0.805. The van der Waals surface area contributed by atoms with Crippen LogP contribution in [0.25, 0.3) is 0 Å². The highest BCUT2D eigenvalue weighted by Crippen LogP contribution is 2.35. The van der Waals surface area contributed by atoms with E-state index in [1.54, 1.807) is 0 Å². The van der Waals surface area contributed by atoms with E-state index in [0.717, 1.165) is 29.0 Å². The zero-order valence-electron chi connectivity index (χ0n) is 14.1. The van der Waals surface area contributed by atoms with Crippen molar-refractivity contribution in [3.63, 3.8) is 0 Å². The van der Waals surface area contributed by atoms with E-state index in [4.69, 9.17) is 9.47 Å². The van der Waals surface area contributed by atoms with Crippen molar-refractivity contribution in [2.45, 2.75) is 32.9 Å². The fraction of sp³-hybridized carbons (Fsp3) is 0.316. The molecule has 0 aromatic heterocycles. The molecule has 0 saturated carbocycles. The molecule has 25 heavy (non-hydrogen) atoms. The van der Waals surface area contributed by atoms with Crippen LogP contribution in [-0.4, -0.2) is 18.6 Å². The predicted octanol–water partition coefficient (Wildman–Crippen LogP) is 4.24. The third-order valence-electron chi connectivity index (χ3n) is 3.99. The zero-order chi connectivity index (χ0) is 18.0. The maximum atomic E-state index is 13.4. The number of nitrogens with one attached hydrogen (secondary N) is 1. The first kappa shape index (κ1) is 17.7. The van der Waals surface area contributed by atoms with Crippen LogP contribution in [0, 0.1) is 5.82 Å². The van der Waals surface area contributed by atoms with Crippen LogP contribution in [-0.2, 0) is 13.0 Å². The lowest BCUT2D eigenvalue weighted by atomic mass is 10.1. The van der Waals surface area contributed by atoms with Crippen LogP contribution in [0.3, 0.4) is 0 Å². The van der Waals surface area contributed by atoms with Crippen LogP contribution in [0.2, 0.25) is 0 Å².